The molecule has 2 aliphatic carbocycles. The van der Waals surface area contributed by atoms with Crippen LogP contribution in [0, 0.1) is 0 Å². The minimum absolute atomic E-state index is 0.634. The van der Waals surface area contributed by atoms with E-state index in [2.05, 4.69) is 48.5 Å². The third kappa shape index (κ3) is 2.85. The molecule has 0 spiro atoms. The van der Waals surface area contributed by atoms with Crippen LogP contribution in [-0.4, -0.2) is 0 Å². The Kier molecular flexibility index (Phi) is 4.35. The molecule has 0 radical (unpaired) electrons. The van der Waals surface area contributed by atoms with Gasteiger partial charge in [0.2, 0.25) is 0 Å². The zero-order valence-electron chi connectivity index (χ0n) is 18.7. The molecule has 2 heteroatoms. The number of fused-ring (bicyclic) bond motifs is 6. The Hall–Kier alpha value is -2.74. The summed E-state index contributed by atoms with van der Waals surface area (Å²) in [7, 11) is 0. The van der Waals surface area contributed by atoms with Crippen molar-refractivity contribution in [2.24, 2.45) is 0 Å². The minimum atomic E-state index is 0.634. The fourth-order valence-corrected chi connectivity index (χ4v) is 6.60. The van der Waals surface area contributed by atoms with Crippen LogP contribution in [0.3, 0.4) is 0 Å². The summed E-state index contributed by atoms with van der Waals surface area (Å²) >= 11 is 0. The van der Waals surface area contributed by atoms with Crippen LogP contribution in [0.4, 0.5) is 0 Å². The van der Waals surface area contributed by atoms with Crippen molar-refractivity contribution in [3.8, 4) is 0 Å². The molecule has 7 rings (SSSR count). The van der Waals surface area contributed by atoms with Crippen LogP contribution in [0.2, 0.25) is 0 Å². The maximum absolute atomic E-state index is 6.53. The zero-order chi connectivity index (χ0) is 21.1. The molecule has 3 aromatic carbocycles. The monoisotopic (exact) mass is 422 g/mol. The normalized spacial score (nSPS) is 19.0. The van der Waals surface area contributed by atoms with Crippen LogP contribution in [0.15, 0.2) is 57.4 Å². The number of hydrogen-bond acceptors (Lipinski definition) is 2. The van der Waals surface area contributed by atoms with Crippen molar-refractivity contribution in [2.75, 3.05) is 0 Å². The van der Waals surface area contributed by atoms with Crippen LogP contribution in [0.1, 0.15) is 87.2 Å². The number of furan rings is 2. The Morgan fingerprint density at radius 1 is 0.500 bits per heavy atom. The van der Waals surface area contributed by atoms with Crippen molar-refractivity contribution in [3.05, 3.63) is 59.7 Å². The minimum Gasteiger partial charge on any atom is -0.456 e. The molecule has 0 unspecified atom stereocenters. The number of hydrogen-bond donors (Lipinski definition) is 0. The fraction of sp³-hybridized carbons (Fsp3) is 0.400. The van der Waals surface area contributed by atoms with E-state index in [4.69, 9.17) is 8.83 Å². The van der Waals surface area contributed by atoms with E-state index >= 15 is 0 Å². The van der Waals surface area contributed by atoms with Gasteiger partial charge < -0.3 is 8.83 Å². The van der Waals surface area contributed by atoms with Gasteiger partial charge in [-0.25, -0.2) is 0 Å². The van der Waals surface area contributed by atoms with E-state index in [0.29, 0.717) is 11.8 Å². The molecular weight excluding hydrogens is 392 g/mol. The van der Waals surface area contributed by atoms with Gasteiger partial charge in [0.15, 0.2) is 0 Å². The lowest BCUT2D eigenvalue weighted by Gasteiger charge is -2.21. The van der Waals surface area contributed by atoms with Crippen LogP contribution in [0.5, 0.6) is 0 Å². The summed E-state index contributed by atoms with van der Waals surface area (Å²) in [6.07, 6.45) is 13.2. The standard InChI is InChI=1S/C30H30O2/c1-3-9-19(10-4-1)21-13-7-15-23-25-17-26-24-16-8-14-22(20-11-5-2-6-12-20)30(24)32-28(26)18-27(25)31-29(21)23/h7-8,13-20H,1-6,9-12H2. The van der Waals surface area contributed by atoms with Crippen molar-refractivity contribution in [3.63, 3.8) is 0 Å². The topological polar surface area (TPSA) is 26.3 Å². The third-order valence-corrected chi connectivity index (χ3v) is 8.27. The van der Waals surface area contributed by atoms with Crippen LogP contribution in [-0.2, 0) is 0 Å². The van der Waals surface area contributed by atoms with Gasteiger partial charge in [0.05, 0.1) is 0 Å². The van der Waals surface area contributed by atoms with E-state index in [0.717, 1.165) is 22.3 Å². The molecule has 0 amide bonds. The summed E-state index contributed by atoms with van der Waals surface area (Å²) in [5.74, 6) is 1.27. The lowest BCUT2D eigenvalue weighted by atomic mass is 9.83. The van der Waals surface area contributed by atoms with Crippen molar-refractivity contribution >= 4 is 43.9 Å². The van der Waals surface area contributed by atoms with Gasteiger partial charge in [0.25, 0.3) is 0 Å². The molecule has 2 nitrogen and oxygen atoms in total. The fourth-order valence-electron chi connectivity index (χ4n) is 6.60. The SMILES string of the molecule is c1cc(C2CCCCC2)c2oc3cc4oc5c(C6CCCCC6)cccc5c4cc3c2c1. The average molecular weight is 423 g/mol. The van der Waals surface area contributed by atoms with Crippen LogP contribution >= 0.6 is 0 Å². The van der Waals surface area contributed by atoms with Gasteiger partial charge in [0.1, 0.15) is 22.3 Å². The van der Waals surface area contributed by atoms with Gasteiger partial charge in [-0.1, -0.05) is 74.9 Å². The largest absolute Gasteiger partial charge is 0.456 e. The van der Waals surface area contributed by atoms with Gasteiger partial charge >= 0.3 is 0 Å². The summed E-state index contributed by atoms with van der Waals surface area (Å²) in [6.45, 7) is 0. The second-order valence-electron chi connectivity index (χ2n) is 10.2. The Balaban J connectivity index is 1.43. The smallest absolute Gasteiger partial charge is 0.139 e. The van der Waals surface area contributed by atoms with Crippen LogP contribution < -0.4 is 0 Å². The van der Waals surface area contributed by atoms with Crippen molar-refractivity contribution in [1.29, 1.82) is 0 Å². The predicted molar refractivity (Wildman–Crippen MR) is 133 cm³/mol. The summed E-state index contributed by atoms with van der Waals surface area (Å²) < 4.78 is 13.1. The number of rotatable bonds is 2. The summed E-state index contributed by atoms with van der Waals surface area (Å²) in [4.78, 5) is 0. The van der Waals surface area contributed by atoms with E-state index in [1.54, 1.807) is 0 Å². The predicted octanol–water partition coefficient (Wildman–Crippen LogP) is 9.58. The molecule has 2 heterocycles. The van der Waals surface area contributed by atoms with Gasteiger partial charge in [-0.15, -0.1) is 0 Å². The van der Waals surface area contributed by atoms with E-state index in [-0.39, 0.29) is 0 Å². The highest BCUT2D eigenvalue weighted by molar-refractivity contribution is 6.15. The first-order chi connectivity index (χ1) is 15.9. The van der Waals surface area contributed by atoms with Gasteiger partial charge in [-0.05, 0) is 54.7 Å². The molecule has 2 saturated carbocycles. The molecule has 32 heavy (non-hydrogen) atoms. The summed E-state index contributed by atoms with van der Waals surface area (Å²) in [5, 5.41) is 4.94. The van der Waals surface area contributed by atoms with E-state index < -0.39 is 0 Å². The molecule has 162 valence electrons. The van der Waals surface area contributed by atoms with E-state index in [1.807, 2.05) is 0 Å². The Bertz CT molecular complexity index is 1330. The highest BCUT2D eigenvalue weighted by atomic mass is 16.3. The van der Waals surface area contributed by atoms with Crippen molar-refractivity contribution in [1.82, 2.24) is 0 Å². The molecule has 5 aromatic rings. The molecule has 2 aromatic heterocycles. The first kappa shape index (κ1) is 18.8. The first-order valence-corrected chi connectivity index (χ1v) is 12.7. The molecule has 0 atom stereocenters. The zero-order valence-corrected chi connectivity index (χ0v) is 18.7. The Morgan fingerprint density at radius 2 is 0.969 bits per heavy atom. The molecule has 2 fully saturated rings. The first-order valence-electron chi connectivity index (χ1n) is 12.7. The molecule has 0 bridgehead atoms. The van der Waals surface area contributed by atoms with Crippen LogP contribution in [0.25, 0.3) is 43.9 Å². The van der Waals surface area contributed by atoms with E-state index in [1.165, 1.54) is 96.9 Å². The maximum atomic E-state index is 6.53. The number of para-hydroxylation sites is 2. The second-order valence-corrected chi connectivity index (χ2v) is 10.2. The highest BCUT2D eigenvalue weighted by Crippen LogP contribution is 2.43. The molecule has 2 aliphatic rings. The molecular formula is C30H30O2. The molecule has 0 saturated heterocycles. The average Bonchev–Trinajstić information content (AvgIpc) is 3.41. The van der Waals surface area contributed by atoms with Gasteiger partial charge in [-0.3, -0.25) is 0 Å². The summed E-state index contributed by atoms with van der Waals surface area (Å²) in [5.41, 5.74) is 6.89. The van der Waals surface area contributed by atoms with Crippen molar-refractivity contribution in [2.45, 2.75) is 76.0 Å². The maximum Gasteiger partial charge on any atom is 0.139 e. The lowest BCUT2D eigenvalue weighted by Crippen LogP contribution is -2.04. The molecule has 0 aliphatic heterocycles. The quantitative estimate of drug-likeness (QED) is 0.283. The highest BCUT2D eigenvalue weighted by Gasteiger charge is 2.23. The Morgan fingerprint density at radius 3 is 1.44 bits per heavy atom. The second kappa shape index (κ2) is 7.40. The van der Waals surface area contributed by atoms with Gasteiger partial charge in [0, 0.05) is 27.6 Å². The Labute approximate surface area is 188 Å². The number of benzene rings is 3. The van der Waals surface area contributed by atoms with E-state index in [9.17, 15) is 0 Å². The van der Waals surface area contributed by atoms with Gasteiger partial charge in [-0.2, -0.15) is 0 Å². The summed E-state index contributed by atoms with van der Waals surface area (Å²) in [6, 6.07) is 17.9. The molecule has 0 N–H and O–H groups in total. The third-order valence-electron chi connectivity index (χ3n) is 8.27. The lowest BCUT2D eigenvalue weighted by molar-refractivity contribution is 0.442. The van der Waals surface area contributed by atoms with Crippen molar-refractivity contribution < 1.29 is 8.83 Å².